The van der Waals surface area contributed by atoms with Crippen LogP contribution >= 0.6 is 0 Å². The average molecular weight is 177 g/mol. The van der Waals surface area contributed by atoms with Crippen LogP contribution in [0.3, 0.4) is 0 Å². The number of piperidine rings is 1. The summed E-state index contributed by atoms with van der Waals surface area (Å²) in [6.07, 6.45) is -0.514. The Bertz CT molecular complexity index is 122. The van der Waals surface area contributed by atoms with Crippen LogP contribution < -0.4 is 0 Å². The Morgan fingerprint density at radius 2 is 2.00 bits per heavy atom. The molecular weight excluding hydrogens is 160 g/mol. The van der Waals surface area contributed by atoms with Crippen molar-refractivity contribution in [2.24, 2.45) is 5.92 Å². The van der Waals surface area contributed by atoms with Crippen molar-refractivity contribution in [2.75, 3.05) is 13.1 Å². The van der Waals surface area contributed by atoms with Gasteiger partial charge in [-0.2, -0.15) is 0 Å². The van der Waals surface area contributed by atoms with Crippen LogP contribution in [0.4, 0.5) is 8.78 Å². The zero-order valence-corrected chi connectivity index (χ0v) is 7.76. The fourth-order valence-corrected chi connectivity index (χ4v) is 1.72. The highest BCUT2D eigenvalue weighted by molar-refractivity contribution is 4.76. The summed E-state index contributed by atoms with van der Waals surface area (Å²) in [4.78, 5) is 2.14. The molecule has 0 aromatic heterocycles. The fraction of sp³-hybridized carbons (Fsp3) is 1.00. The number of alkyl halides is 2. The SMILES string of the molecule is CC(C)N1CCC[C@H](C(F)F)C1. The van der Waals surface area contributed by atoms with Crippen LogP contribution in [0.5, 0.6) is 0 Å². The maximum atomic E-state index is 12.3. The normalized spacial score (nSPS) is 27.0. The second-order valence-corrected chi connectivity index (χ2v) is 3.83. The second-order valence-electron chi connectivity index (χ2n) is 3.83. The number of halogens is 2. The van der Waals surface area contributed by atoms with Crippen LogP contribution in [0.1, 0.15) is 26.7 Å². The third-order valence-electron chi connectivity index (χ3n) is 2.58. The quantitative estimate of drug-likeness (QED) is 0.626. The van der Waals surface area contributed by atoms with Gasteiger partial charge in [-0.3, -0.25) is 0 Å². The molecular formula is C9H17F2N. The van der Waals surface area contributed by atoms with Gasteiger partial charge in [0.2, 0.25) is 6.43 Å². The highest BCUT2D eigenvalue weighted by Gasteiger charge is 2.27. The third-order valence-corrected chi connectivity index (χ3v) is 2.58. The third kappa shape index (κ3) is 2.41. The van der Waals surface area contributed by atoms with E-state index in [9.17, 15) is 8.78 Å². The van der Waals surface area contributed by atoms with E-state index in [0.717, 1.165) is 13.0 Å². The molecule has 0 saturated carbocycles. The van der Waals surface area contributed by atoms with E-state index in [1.165, 1.54) is 0 Å². The van der Waals surface area contributed by atoms with Gasteiger partial charge in [-0.1, -0.05) is 0 Å². The van der Waals surface area contributed by atoms with Crippen LogP contribution in [0.15, 0.2) is 0 Å². The van der Waals surface area contributed by atoms with Gasteiger partial charge in [0.05, 0.1) is 0 Å². The van der Waals surface area contributed by atoms with E-state index >= 15 is 0 Å². The average Bonchev–Trinajstić information content (AvgIpc) is 2.04. The minimum Gasteiger partial charge on any atom is -0.300 e. The lowest BCUT2D eigenvalue weighted by Crippen LogP contribution is -2.41. The lowest BCUT2D eigenvalue weighted by Gasteiger charge is -2.34. The predicted molar refractivity (Wildman–Crippen MR) is 45.4 cm³/mol. The molecule has 0 aromatic carbocycles. The number of hydrogen-bond acceptors (Lipinski definition) is 1. The Balaban J connectivity index is 2.40. The highest BCUT2D eigenvalue weighted by Crippen LogP contribution is 2.23. The summed E-state index contributed by atoms with van der Waals surface area (Å²) in [5, 5.41) is 0. The lowest BCUT2D eigenvalue weighted by atomic mass is 9.98. The first-order valence-electron chi connectivity index (χ1n) is 4.63. The molecule has 0 aromatic rings. The van der Waals surface area contributed by atoms with E-state index in [2.05, 4.69) is 18.7 Å². The van der Waals surface area contributed by atoms with Gasteiger partial charge in [0.15, 0.2) is 0 Å². The van der Waals surface area contributed by atoms with Gasteiger partial charge >= 0.3 is 0 Å². The largest absolute Gasteiger partial charge is 0.300 e. The molecule has 1 heterocycles. The topological polar surface area (TPSA) is 3.24 Å². The smallest absolute Gasteiger partial charge is 0.242 e. The monoisotopic (exact) mass is 177 g/mol. The summed E-state index contributed by atoms with van der Waals surface area (Å²) in [6, 6.07) is 0.409. The van der Waals surface area contributed by atoms with Crippen LogP contribution in [-0.2, 0) is 0 Å². The molecule has 1 atom stereocenters. The van der Waals surface area contributed by atoms with E-state index in [1.54, 1.807) is 0 Å². The van der Waals surface area contributed by atoms with Crippen molar-refractivity contribution >= 4 is 0 Å². The zero-order chi connectivity index (χ0) is 9.14. The molecule has 0 spiro atoms. The molecule has 1 saturated heterocycles. The standard InChI is InChI=1S/C9H17F2N/c1-7(2)12-5-3-4-8(6-12)9(10)11/h7-9H,3-6H2,1-2H3/t8-/m0/s1. The lowest BCUT2D eigenvalue weighted by molar-refractivity contribution is 0.0188. The first-order valence-corrected chi connectivity index (χ1v) is 4.63. The molecule has 12 heavy (non-hydrogen) atoms. The molecule has 3 heteroatoms. The van der Waals surface area contributed by atoms with Crippen molar-refractivity contribution in [1.29, 1.82) is 0 Å². The first-order chi connectivity index (χ1) is 5.61. The van der Waals surface area contributed by atoms with Gasteiger partial charge < -0.3 is 4.90 Å². The maximum absolute atomic E-state index is 12.3. The number of likely N-dealkylation sites (tertiary alicyclic amines) is 1. The van der Waals surface area contributed by atoms with E-state index in [1.807, 2.05) is 0 Å². The van der Waals surface area contributed by atoms with Gasteiger partial charge in [0, 0.05) is 18.5 Å². The van der Waals surface area contributed by atoms with Crippen molar-refractivity contribution in [2.45, 2.75) is 39.2 Å². The summed E-state index contributed by atoms with van der Waals surface area (Å²) in [5.41, 5.74) is 0. The molecule has 72 valence electrons. The first kappa shape index (κ1) is 9.90. The molecule has 1 fully saturated rings. The molecule has 1 nitrogen and oxygen atoms in total. The molecule has 0 amide bonds. The maximum Gasteiger partial charge on any atom is 0.242 e. The second kappa shape index (κ2) is 4.17. The Labute approximate surface area is 72.7 Å². The van der Waals surface area contributed by atoms with E-state index in [4.69, 9.17) is 0 Å². The Morgan fingerprint density at radius 1 is 1.33 bits per heavy atom. The molecule has 0 N–H and O–H groups in total. The Hall–Kier alpha value is -0.180. The minimum absolute atomic E-state index is 0.388. The minimum atomic E-state index is -2.13. The Morgan fingerprint density at radius 3 is 2.50 bits per heavy atom. The molecule has 1 rings (SSSR count). The molecule has 0 bridgehead atoms. The molecule has 1 aliphatic rings. The van der Waals surface area contributed by atoms with E-state index in [-0.39, 0.29) is 5.92 Å². The van der Waals surface area contributed by atoms with E-state index in [0.29, 0.717) is 19.0 Å². The van der Waals surface area contributed by atoms with E-state index < -0.39 is 6.43 Å². The molecule has 1 aliphatic heterocycles. The molecule has 0 aliphatic carbocycles. The van der Waals surface area contributed by atoms with Crippen LogP contribution in [0, 0.1) is 5.92 Å². The number of hydrogen-bond donors (Lipinski definition) is 0. The fourth-order valence-electron chi connectivity index (χ4n) is 1.72. The summed E-state index contributed by atoms with van der Waals surface area (Å²) < 4.78 is 24.7. The summed E-state index contributed by atoms with van der Waals surface area (Å²) in [5.74, 6) is -0.388. The van der Waals surface area contributed by atoms with Crippen molar-refractivity contribution < 1.29 is 8.78 Å². The Kier molecular flexibility index (Phi) is 3.44. The van der Waals surface area contributed by atoms with Crippen molar-refractivity contribution in [3.8, 4) is 0 Å². The number of nitrogens with zero attached hydrogens (tertiary/aromatic N) is 1. The van der Waals surface area contributed by atoms with Crippen molar-refractivity contribution in [1.82, 2.24) is 4.90 Å². The number of rotatable bonds is 2. The van der Waals surface area contributed by atoms with Crippen LogP contribution in [0.2, 0.25) is 0 Å². The van der Waals surface area contributed by atoms with Gasteiger partial charge in [0.25, 0.3) is 0 Å². The van der Waals surface area contributed by atoms with Crippen LogP contribution in [0.25, 0.3) is 0 Å². The van der Waals surface area contributed by atoms with Crippen molar-refractivity contribution in [3.05, 3.63) is 0 Å². The van der Waals surface area contributed by atoms with Gasteiger partial charge in [-0.25, -0.2) is 8.78 Å². The summed E-state index contributed by atoms with van der Waals surface area (Å²) >= 11 is 0. The summed E-state index contributed by atoms with van der Waals surface area (Å²) in [7, 11) is 0. The van der Waals surface area contributed by atoms with Gasteiger partial charge in [-0.15, -0.1) is 0 Å². The predicted octanol–water partition coefficient (Wildman–Crippen LogP) is 2.37. The van der Waals surface area contributed by atoms with Crippen LogP contribution in [-0.4, -0.2) is 30.5 Å². The van der Waals surface area contributed by atoms with Crippen molar-refractivity contribution in [3.63, 3.8) is 0 Å². The zero-order valence-electron chi connectivity index (χ0n) is 7.76. The van der Waals surface area contributed by atoms with Gasteiger partial charge in [-0.05, 0) is 33.2 Å². The molecule has 0 unspecified atom stereocenters. The summed E-state index contributed by atoms with van der Waals surface area (Å²) in [6.45, 7) is 5.69. The highest BCUT2D eigenvalue weighted by atomic mass is 19.3. The molecule has 0 radical (unpaired) electrons. The van der Waals surface area contributed by atoms with Gasteiger partial charge in [0.1, 0.15) is 0 Å².